The standard InChI is InChI=1S/C22H23FI3N3O3/c1-13-9-10-16(19(11-13)22(23,24)25)15(3)27-32-12-18-14(2)7-6-8-17(18)20(28-31-5)21(30)29(4)26/h6-11H,12H2,1-5H3/b27-15+,28-20+. The number of carbonyl (C=O) groups excluding carboxylic acids is 1. The first-order chi connectivity index (χ1) is 15.0. The van der Waals surface area contributed by atoms with E-state index >= 15 is 0 Å². The van der Waals surface area contributed by atoms with Crippen molar-refractivity contribution in [2.45, 2.75) is 29.1 Å². The summed E-state index contributed by atoms with van der Waals surface area (Å²) in [5.74, 6) is -0.299. The van der Waals surface area contributed by atoms with Gasteiger partial charge in [0.15, 0.2) is 5.71 Å². The summed E-state index contributed by atoms with van der Waals surface area (Å²) in [4.78, 5) is 23.2. The van der Waals surface area contributed by atoms with Crippen LogP contribution in [0.5, 0.6) is 0 Å². The highest BCUT2D eigenvalue weighted by molar-refractivity contribution is 14.2. The minimum atomic E-state index is -1.58. The molecular weight excluding hydrogens is 754 g/mol. The minimum absolute atomic E-state index is 0.108. The number of alkyl halides is 3. The van der Waals surface area contributed by atoms with E-state index in [0.717, 1.165) is 16.7 Å². The second-order valence-corrected chi connectivity index (χ2v) is 13.5. The van der Waals surface area contributed by atoms with Gasteiger partial charge in [0.2, 0.25) is 1.68 Å². The van der Waals surface area contributed by atoms with E-state index in [2.05, 4.69) is 10.3 Å². The van der Waals surface area contributed by atoms with Crippen LogP contribution in [0, 0.1) is 13.8 Å². The zero-order chi connectivity index (χ0) is 24.1. The minimum Gasteiger partial charge on any atom is -0.398 e. The first-order valence-electron chi connectivity index (χ1n) is 9.46. The van der Waals surface area contributed by atoms with E-state index in [1.807, 2.05) is 67.0 Å². The summed E-state index contributed by atoms with van der Waals surface area (Å²) in [7, 11) is 3.03. The second-order valence-electron chi connectivity index (χ2n) is 7.00. The molecule has 0 aliphatic rings. The third-order valence-electron chi connectivity index (χ3n) is 4.61. The highest BCUT2D eigenvalue weighted by Gasteiger charge is 2.28. The molecule has 1 amide bonds. The van der Waals surface area contributed by atoms with Crippen LogP contribution in [0.1, 0.15) is 40.3 Å². The molecule has 0 spiro atoms. The number of likely N-dealkylation sites (N-methyl/N-ethyl adjacent to an activating group) is 1. The Bertz CT molecular complexity index is 1050. The number of nitrogens with zero attached hydrogens (tertiary/aromatic N) is 3. The van der Waals surface area contributed by atoms with Gasteiger partial charge in [-0.1, -0.05) is 52.3 Å². The Labute approximate surface area is 228 Å². The van der Waals surface area contributed by atoms with Gasteiger partial charge in [-0.3, -0.25) is 7.91 Å². The molecule has 0 aliphatic carbocycles. The monoisotopic (exact) mass is 777 g/mol. The molecule has 2 rings (SSSR count). The van der Waals surface area contributed by atoms with Gasteiger partial charge in [0.05, 0.1) is 28.6 Å². The van der Waals surface area contributed by atoms with Crippen LogP contribution in [0.3, 0.4) is 0 Å². The molecule has 2 aromatic rings. The van der Waals surface area contributed by atoms with E-state index in [9.17, 15) is 9.18 Å². The van der Waals surface area contributed by atoms with Crippen molar-refractivity contribution in [3.8, 4) is 0 Å². The average Bonchev–Trinajstić information content (AvgIpc) is 2.71. The van der Waals surface area contributed by atoms with Crippen LogP contribution < -0.4 is 0 Å². The number of carbonyl (C=O) groups is 1. The summed E-state index contributed by atoms with van der Waals surface area (Å²) in [5, 5.41) is 8.18. The van der Waals surface area contributed by atoms with Gasteiger partial charge in [0.25, 0.3) is 5.91 Å². The summed E-state index contributed by atoms with van der Waals surface area (Å²) in [6.07, 6.45) is 0. The Morgan fingerprint density at radius 2 is 1.84 bits per heavy atom. The zero-order valence-electron chi connectivity index (χ0n) is 18.2. The maximum absolute atomic E-state index is 14.7. The highest BCUT2D eigenvalue weighted by atomic mass is 127. The molecule has 32 heavy (non-hydrogen) atoms. The Morgan fingerprint density at radius 3 is 2.44 bits per heavy atom. The van der Waals surface area contributed by atoms with Crippen molar-refractivity contribution in [2.75, 3.05) is 14.2 Å². The van der Waals surface area contributed by atoms with Crippen molar-refractivity contribution >= 4 is 85.4 Å². The molecule has 0 aromatic heterocycles. The fourth-order valence-corrected chi connectivity index (χ4v) is 4.13. The Balaban J connectivity index is 2.38. The number of hydrogen-bond acceptors (Lipinski definition) is 5. The normalized spacial score (nSPS) is 12.5. The third kappa shape index (κ3) is 6.98. The summed E-state index contributed by atoms with van der Waals surface area (Å²) < 4.78 is 14.6. The molecule has 0 fully saturated rings. The summed E-state index contributed by atoms with van der Waals surface area (Å²) in [6, 6.07) is 11.1. The molecule has 10 heteroatoms. The quantitative estimate of drug-likeness (QED) is 0.103. The van der Waals surface area contributed by atoms with E-state index < -0.39 is 1.68 Å². The van der Waals surface area contributed by atoms with Gasteiger partial charge >= 0.3 is 0 Å². The Hall–Kier alpha value is -1.03. The van der Waals surface area contributed by atoms with Gasteiger partial charge in [0.1, 0.15) is 13.7 Å². The number of halogens is 4. The van der Waals surface area contributed by atoms with Gasteiger partial charge in [-0.05, 0) is 71.5 Å². The molecule has 2 aromatic carbocycles. The molecule has 0 aliphatic heterocycles. The lowest BCUT2D eigenvalue weighted by atomic mass is 9.98. The number of aryl methyl sites for hydroxylation is 2. The molecule has 0 saturated heterocycles. The molecular formula is C22H23FI3N3O3. The first kappa shape index (κ1) is 27.2. The number of hydrogen-bond donors (Lipinski definition) is 0. The molecule has 0 bridgehead atoms. The summed E-state index contributed by atoms with van der Waals surface area (Å²) >= 11 is 5.41. The van der Waals surface area contributed by atoms with E-state index in [4.69, 9.17) is 9.68 Å². The Morgan fingerprint density at radius 1 is 1.16 bits per heavy atom. The molecule has 0 radical (unpaired) electrons. The van der Waals surface area contributed by atoms with Crippen molar-refractivity contribution in [1.82, 2.24) is 3.11 Å². The van der Waals surface area contributed by atoms with Crippen LogP contribution in [0.4, 0.5) is 4.39 Å². The lowest BCUT2D eigenvalue weighted by molar-refractivity contribution is -0.117. The fourth-order valence-electron chi connectivity index (χ4n) is 3.01. The van der Waals surface area contributed by atoms with Gasteiger partial charge in [-0.2, -0.15) is 0 Å². The molecule has 0 N–H and O–H groups in total. The maximum atomic E-state index is 14.7. The number of benzene rings is 2. The molecule has 0 unspecified atom stereocenters. The van der Waals surface area contributed by atoms with E-state index in [-0.39, 0.29) is 18.2 Å². The lowest BCUT2D eigenvalue weighted by Crippen LogP contribution is -2.28. The topological polar surface area (TPSA) is 63.5 Å². The van der Waals surface area contributed by atoms with E-state index in [1.54, 1.807) is 65.2 Å². The third-order valence-corrected chi connectivity index (χ3v) is 6.21. The van der Waals surface area contributed by atoms with Crippen molar-refractivity contribution in [1.29, 1.82) is 0 Å². The smallest absolute Gasteiger partial charge is 0.284 e. The molecule has 0 saturated carbocycles. The van der Waals surface area contributed by atoms with E-state index in [0.29, 0.717) is 22.4 Å². The summed E-state index contributed by atoms with van der Waals surface area (Å²) in [5.41, 5.74) is 5.18. The van der Waals surface area contributed by atoms with Crippen molar-refractivity contribution in [3.05, 3.63) is 69.8 Å². The predicted octanol–water partition coefficient (Wildman–Crippen LogP) is 6.35. The van der Waals surface area contributed by atoms with Crippen molar-refractivity contribution < 1.29 is 18.9 Å². The molecule has 0 heterocycles. The van der Waals surface area contributed by atoms with Crippen LogP contribution in [-0.2, 0) is 22.8 Å². The van der Waals surface area contributed by atoms with Crippen LogP contribution in [0.15, 0.2) is 46.7 Å². The van der Waals surface area contributed by atoms with Gasteiger partial charge in [-0.15, -0.1) is 0 Å². The predicted molar refractivity (Wildman–Crippen MR) is 151 cm³/mol. The van der Waals surface area contributed by atoms with Gasteiger partial charge in [0, 0.05) is 29.3 Å². The second kappa shape index (κ2) is 11.9. The fraction of sp³-hybridized carbons (Fsp3) is 0.318. The molecule has 0 atom stereocenters. The van der Waals surface area contributed by atoms with Crippen molar-refractivity contribution in [3.63, 3.8) is 0 Å². The van der Waals surface area contributed by atoms with E-state index in [1.165, 1.54) is 10.2 Å². The summed E-state index contributed by atoms with van der Waals surface area (Å²) in [6.45, 7) is 5.72. The van der Waals surface area contributed by atoms with Crippen LogP contribution >= 0.6 is 68.0 Å². The number of rotatable bonds is 8. The van der Waals surface area contributed by atoms with Crippen LogP contribution in [-0.4, -0.2) is 34.6 Å². The van der Waals surface area contributed by atoms with Gasteiger partial charge < -0.3 is 9.68 Å². The average molecular weight is 777 g/mol. The highest BCUT2D eigenvalue weighted by Crippen LogP contribution is 2.43. The first-order valence-corrected chi connectivity index (χ1v) is 12.6. The molecule has 172 valence electrons. The van der Waals surface area contributed by atoms with Crippen molar-refractivity contribution in [2.24, 2.45) is 10.3 Å². The maximum Gasteiger partial charge on any atom is 0.284 e. The van der Waals surface area contributed by atoms with Crippen LogP contribution in [0.2, 0.25) is 0 Å². The number of oxime groups is 2. The lowest BCUT2D eigenvalue weighted by Gasteiger charge is -2.17. The Kier molecular flexibility index (Phi) is 10.1. The largest absolute Gasteiger partial charge is 0.398 e. The zero-order valence-corrected chi connectivity index (χ0v) is 24.7. The van der Waals surface area contributed by atoms with Gasteiger partial charge in [-0.25, -0.2) is 4.39 Å². The SMILES string of the molecule is CO/N=C(/C(=O)N(C)I)c1cccc(C)c1CO/N=C(\C)c1ccc(C)cc1C(F)(I)I. The molecule has 6 nitrogen and oxygen atoms in total. The van der Waals surface area contributed by atoms with Crippen LogP contribution in [0.25, 0.3) is 0 Å². The number of amides is 1.